The predicted octanol–water partition coefficient (Wildman–Crippen LogP) is 1.45. The van der Waals surface area contributed by atoms with Gasteiger partial charge in [-0.1, -0.05) is 24.3 Å². The molecule has 0 aliphatic rings. The molecule has 5 nitrogen and oxygen atoms in total. The van der Waals surface area contributed by atoms with Crippen molar-refractivity contribution in [2.45, 2.75) is 27.0 Å². The van der Waals surface area contributed by atoms with Gasteiger partial charge >= 0.3 is 0 Å². The normalized spacial score (nSPS) is 10.5. The van der Waals surface area contributed by atoms with Gasteiger partial charge in [0.2, 0.25) is 0 Å². The number of carbonyl (C=O) groups is 1. The van der Waals surface area contributed by atoms with Crippen molar-refractivity contribution in [1.29, 1.82) is 0 Å². The number of nitrogens with zero attached hydrogens (tertiary/aromatic N) is 1. The predicted molar refractivity (Wildman–Crippen MR) is 71.6 cm³/mol. The minimum atomic E-state index is -0.130. The molecule has 0 spiro atoms. The zero-order chi connectivity index (χ0) is 13.8. The lowest BCUT2D eigenvalue weighted by molar-refractivity contribution is 0.0949. The SMILES string of the molecule is Cc1n[nH]c(C)c1C(=O)NCc1ccc(CO)cc1. The maximum absolute atomic E-state index is 12.0. The highest BCUT2D eigenvalue weighted by Crippen LogP contribution is 2.09. The van der Waals surface area contributed by atoms with Crippen molar-refractivity contribution in [2.24, 2.45) is 0 Å². The summed E-state index contributed by atoms with van der Waals surface area (Å²) in [4.78, 5) is 12.0. The van der Waals surface area contributed by atoms with E-state index in [1.165, 1.54) is 0 Å². The van der Waals surface area contributed by atoms with E-state index in [4.69, 9.17) is 5.11 Å². The van der Waals surface area contributed by atoms with Gasteiger partial charge in [-0.15, -0.1) is 0 Å². The van der Waals surface area contributed by atoms with Crippen molar-refractivity contribution in [3.05, 3.63) is 52.3 Å². The van der Waals surface area contributed by atoms with E-state index in [1.807, 2.05) is 31.2 Å². The van der Waals surface area contributed by atoms with Crippen LogP contribution in [-0.2, 0) is 13.2 Å². The molecule has 0 fully saturated rings. The molecule has 3 N–H and O–H groups in total. The number of hydrogen-bond donors (Lipinski definition) is 3. The van der Waals surface area contributed by atoms with Gasteiger partial charge in [-0.3, -0.25) is 9.89 Å². The smallest absolute Gasteiger partial charge is 0.255 e. The molecular formula is C14H17N3O2. The van der Waals surface area contributed by atoms with Gasteiger partial charge in [0.05, 0.1) is 17.9 Å². The number of nitrogens with one attached hydrogen (secondary N) is 2. The van der Waals surface area contributed by atoms with E-state index < -0.39 is 0 Å². The second kappa shape index (κ2) is 5.67. The summed E-state index contributed by atoms with van der Waals surface area (Å²) >= 11 is 0. The van der Waals surface area contributed by atoms with Crippen LogP contribution < -0.4 is 5.32 Å². The zero-order valence-electron chi connectivity index (χ0n) is 11.0. The number of aliphatic hydroxyl groups is 1. The number of aromatic amines is 1. The largest absolute Gasteiger partial charge is 0.392 e. The van der Waals surface area contributed by atoms with Gasteiger partial charge < -0.3 is 10.4 Å². The summed E-state index contributed by atoms with van der Waals surface area (Å²) in [5.74, 6) is -0.130. The summed E-state index contributed by atoms with van der Waals surface area (Å²) in [6.45, 7) is 4.11. The third-order valence-electron chi connectivity index (χ3n) is 3.01. The Morgan fingerprint density at radius 3 is 2.42 bits per heavy atom. The van der Waals surface area contributed by atoms with Crippen LogP contribution in [0.2, 0.25) is 0 Å². The lowest BCUT2D eigenvalue weighted by atomic mass is 10.1. The Kier molecular flexibility index (Phi) is 3.97. The summed E-state index contributed by atoms with van der Waals surface area (Å²) in [7, 11) is 0. The average molecular weight is 259 g/mol. The minimum Gasteiger partial charge on any atom is -0.392 e. The number of rotatable bonds is 4. The van der Waals surface area contributed by atoms with E-state index in [0.717, 1.165) is 16.8 Å². The number of benzene rings is 1. The second-order valence-corrected chi connectivity index (χ2v) is 4.47. The highest BCUT2D eigenvalue weighted by atomic mass is 16.3. The Balaban J connectivity index is 2.00. The molecular weight excluding hydrogens is 242 g/mol. The number of carbonyl (C=O) groups excluding carboxylic acids is 1. The van der Waals surface area contributed by atoms with Crippen LogP contribution >= 0.6 is 0 Å². The molecule has 0 unspecified atom stereocenters. The fourth-order valence-corrected chi connectivity index (χ4v) is 1.92. The molecule has 0 saturated carbocycles. The van der Waals surface area contributed by atoms with E-state index in [-0.39, 0.29) is 12.5 Å². The molecule has 1 aromatic carbocycles. The highest BCUT2D eigenvalue weighted by Gasteiger charge is 2.14. The zero-order valence-corrected chi connectivity index (χ0v) is 11.0. The molecule has 1 heterocycles. The monoisotopic (exact) mass is 259 g/mol. The Labute approximate surface area is 111 Å². The molecule has 0 aliphatic heterocycles. The highest BCUT2D eigenvalue weighted by molar-refractivity contribution is 5.96. The summed E-state index contributed by atoms with van der Waals surface area (Å²) in [5, 5.41) is 18.6. The molecule has 100 valence electrons. The van der Waals surface area contributed by atoms with Crippen molar-refractivity contribution in [3.8, 4) is 0 Å². The second-order valence-electron chi connectivity index (χ2n) is 4.47. The molecule has 2 aromatic rings. The lowest BCUT2D eigenvalue weighted by Gasteiger charge is -2.06. The molecule has 1 amide bonds. The standard InChI is InChI=1S/C14H17N3O2/c1-9-13(10(2)17-16-9)14(19)15-7-11-3-5-12(8-18)6-4-11/h3-6,18H,7-8H2,1-2H3,(H,15,19)(H,16,17). The summed E-state index contributed by atoms with van der Waals surface area (Å²) in [6.07, 6.45) is 0. The first-order valence-electron chi connectivity index (χ1n) is 6.10. The van der Waals surface area contributed by atoms with Crippen LogP contribution in [0.5, 0.6) is 0 Å². The molecule has 19 heavy (non-hydrogen) atoms. The first-order valence-corrected chi connectivity index (χ1v) is 6.10. The first kappa shape index (κ1) is 13.3. The summed E-state index contributed by atoms with van der Waals surface area (Å²) in [5.41, 5.74) is 3.92. The van der Waals surface area contributed by atoms with Crippen molar-refractivity contribution in [1.82, 2.24) is 15.5 Å². The average Bonchev–Trinajstić information content (AvgIpc) is 2.76. The molecule has 5 heteroatoms. The van der Waals surface area contributed by atoms with Gasteiger partial charge in [-0.05, 0) is 25.0 Å². The van der Waals surface area contributed by atoms with Crippen LogP contribution in [0.1, 0.15) is 32.9 Å². The van der Waals surface area contributed by atoms with E-state index in [0.29, 0.717) is 17.8 Å². The van der Waals surface area contributed by atoms with E-state index in [2.05, 4.69) is 15.5 Å². The molecule has 0 atom stereocenters. The van der Waals surface area contributed by atoms with Crippen LogP contribution in [-0.4, -0.2) is 21.2 Å². The Hall–Kier alpha value is -2.14. The third-order valence-corrected chi connectivity index (χ3v) is 3.01. The fourth-order valence-electron chi connectivity index (χ4n) is 1.92. The molecule has 0 aliphatic carbocycles. The summed E-state index contributed by atoms with van der Waals surface area (Å²) in [6, 6.07) is 7.47. The van der Waals surface area contributed by atoms with E-state index in [1.54, 1.807) is 6.92 Å². The number of aliphatic hydroxyl groups excluding tert-OH is 1. The Morgan fingerprint density at radius 2 is 1.89 bits per heavy atom. The maximum atomic E-state index is 12.0. The van der Waals surface area contributed by atoms with Crippen molar-refractivity contribution in [2.75, 3.05) is 0 Å². The van der Waals surface area contributed by atoms with Crippen LogP contribution in [0, 0.1) is 13.8 Å². The van der Waals surface area contributed by atoms with Crippen LogP contribution in [0.4, 0.5) is 0 Å². The number of aryl methyl sites for hydroxylation is 2. The molecule has 1 aromatic heterocycles. The van der Waals surface area contributed by atoms with Crippen molar-refractivity contribution in [3.63, 3.8) is 0 Å². The topological polar surface area (TPSA) is 78.0 Å². The minimum absolute atomic E-state index is 0.0278. The number of aromatic nitrogens is 2. The van der Waals surface area contributed by atoms with Crippen molar-refractivity contribution < 1.29 is 9.90 Å². The Bertz CT molecular complexity index is 553. The summed E-state index contributed by atoms with van der Waals surface area (Å²) < 4.78 is 0. The van der Waals surface area contributed by atoms with Crippen molar-refractivity contribution >= 4 is 5.91 Å². The Morgan fingerprint density at radius 1 is 1.26 bits per heavy atom. The number of hydrogen-bond acceptors (Lipinski definition) is 3. The van der Waals surface area contributed by atoms with Gasteiger partial charge in [0.15, 0.2) is 0 Å². The molecule has 2 rings (SSSR count). The lowest BCUT2D eigenvalue weighted by Crippen LogP contribution is -2.23. The van der Waals surface area contributed by atoms with E-state index in [9.17, 15) is 4.79 Å². The van der Waals surface area contributed by atoms with Crippen LogP contribution in [0.3, 0.4) is 0 Å². The van der Waals surface area contributed by atoms with Gasteiger partial charge in [-0.2, -0.15) is 5.10 Å². The third kappa shape index (κ3) is 3.00. The van der Waals surface area contributed by atoms with Crippen LogP contribution in [0.25, 0.3) is 0 Å². The van der Waals surface area contributed by atoms with Gasteiger partial charge in [0.1, 0.15) is 0 Å². The quantitative estimate of drug-likeness (QED) is 0.777. The molecule has 0 radical (unpaired) electrons. The van der Waals surface area contributed by atoms with Crippen LogP contribution in [0.15, 0.2) is 24.3 Å². The molecule has 0 bridgehead atoms. The van der Waals surface area contributed by atoms with E-state index >= 15 is 0 Å². The molecule has 0 saturated heterocycles. The van der Waals surface area contributed by atoms with Gasteiger partial charge in [0, 0.05) is 12.2 Å². The number of H-pyrrole nitrogens is 1. The fraction of sp³-hybridized carbons (Fsp3) is 0.286. The van der Waals surface area contributed by atoms with Gasteiger partial charge in [-0.25, -0.2) is 0 Å². The maximum Gasteiger partial charge on any atom is 0.255 e. The van der Waals surface area contributed by atoms with Gasteiger partial charge in [0.25, 0.3) is 5.91 Å². The number of amides is 1. The first-order chi connectivity index (χ1) is 9.11.